The fourth-order valence-corrected chi connectivity index (χ4v) is 5.63. The molecule has 3 aromatic rings. The van der Waals surface area contributed by atoms with Crippen molar-refractivity contribution in [2.45, 2.75) is 90.4 Å². The van der Waals surface area contributed by atoms with Gasteiger partial charge >= 0.3 is 11.3 Å². The number of carbonyl (C=O) groups is 1. The lowest BCUT2D eigenvalue weighted by atomic mass is 9.78. The first-order valence-corrected chi connectivity index (χ1v) is 14.3. The number of phenols is 1. The van der Waals surface area contributed by atoms with E-state index in [1.54, 1.807) is 9.58 Å². The summed E-state index contributed by atoms with van der Waals surface area (Å²) in [6.07, 6.45) is 0.529. The first-order chi connectivity index (χ1) is 17.8. The second-order valence-electron chi connectivity index (χ2n) is 11.9. The Hall–Kier alpha value is -3.13. The molecule has 4 rings (SSSR count). The molecule has 1 aromatic heterocycles. The van der Waals surface area contributed by atoms with Gasteiger partial charge in [0.15, 0.2) is 0 Å². The predicted molar refractivity (Wildman–Crippen MR) is 153 cm³/mol. The second kappa shape index (κ2) is 10.2. The fourth-order valence-electron chi connectivity index (χ4n) is 4.93. The van der Waals surface area contributed by atoms with Crippen LogP contribution in [0, 0.1) is 0 Å². The quantitative estimate of drug-likeness (QED) is 0.317. The number of rotatable bonds is 5. The molecule has 38 heavy (non-hydrogen) atoms. The highest BCUT2D eigenvalue weighted by Gasteiger charge is 2.46. The number of aromatic nitrogens is 3. The summed E-state index contributed by atoms with van der Waals surface area (Å²) in [5.74, 6) is 0.998. The summed E-state index contributed by atoms with van der Waals surface area (Å²) in [6.45, 7) is 16.3. The van der Waals surface area contributed by atoms with Gasteiger partial charge in [0.25, 0.3) is 6.17 Å². The van der Waals surface area contributed by atoms with Crippen LogP contribution in [0.5, 0.6) is 5.75 Å². The molecule has 0 unspecified atom stereocenters. The molecule has 2 aromatic carbocycles. The monoisotopic (exact) mass is 535 g/mol. The molecule has 202 valence electrons. The third-order valence-electron chi connectivity index (χ3n) is 6.82. The number of hydrogen-bond acceptors (Lipinski definition) is 5. The van der Waals surface area contributed by atoms with Gasteiger partial charge in [-0.3, -0.25) is 14.6 Å². The number of anilines is 1. The molecule has 2 N–H and O–H groups in total. The van der Waals surface area contributed by atoms with E-state index in [9.17, 15) is 14.7 Å². The minimum atomic E-state index is -0.696. The number of carbonyl (C=O) groups excluding carboxylic acids is 1. The Labute approximate surface area is 229 Å². The van der Waals surface area contributed by atoms with Gasteiger partial charge in [-0.05, 0) is 46.2 Å². The molecule has 0 radical (unpaired) electrons. The highest BCUT2D eigenvalue weighted by molar-refractivity contribution is 7.99. The lowest BCUT2D eigenvalue weighted by Crippen LogP contribution is -2.61. The van der Waals surface area contributed by atoms with Crippen molar-refractivity contribution < 1.29 is 14.6 Å². The molecular formula is C30H39N4O3S+. The second-order valence-corrected chi connectivity index (χ2v) is 13.0. The summed E-state index contributed by atoms with van der Waals surface area (Å²) in [5.41, 5.74) is 3.16. The average molecular weight is 536 g/mol. The van der Waals surface area contributed by atoms with Crippen LogP contribution in [0.15, 0.2) is 46.3 Å². The zero-order chi connectivity index (χ0) is 28.0. The Morgan fingerprint density at radius 1 is 1.08 bits per heavy atom. The smallest absolute Gasteiger partial charge is 0.325 e. The summed E-state index contributed by atoms with van der Waals surface area (Å²) in [6, 6.07) is 11.4. The first kappa shape index (κ1) is 27.9. The van der Waals surface area contributed by atoms with E-state index in [-0.39, 0.29) is 34.5 Å². The lowest BCUT2D eigenvalue weighted by Gasteiger charge is -2.34. The summed E-state index contributed by atoms with van der Waals surface area (Å²) in [4.78, 5) is 31.9. The van der Waals surface area contributed by atoms with Crippen molar-refractivity contribution in [2.75, 3.05) is 10.7 Å². The summed E-state index contributed by atoms with van der Waals surface area (Å²) < 4.78 is 1.71. The number of hydrogen-bond donors (Lipinski definition) is 2. The lowest BCUT2D eigenvalue weighted by molar-refractivity contribution is -0.763. The molecule has 0 fully saturated rings. The van der Waals surface area contributed by atoms with Crippen LogP contribution < -0.4 is 15.1 Å². The van der Waals surface area contributed by atoms with Gasteiger partial charge < -0.3 is 5.11 Å². The van der Waals surface area contributed by atoms with E-state index in [4.69, 9.17) is 5.10 Å². The summed E-state index contributed by atoms with van der Waals surface area (Å²) in [7, 11) is 0. The maximum Gasteiger partial charge on any atom is 0.325 e. The van der Waals surface area contributed by atoms with E-state index in [1.807, 2.05) is 43.3 Å². The van der Waals surface area contributed by atoms with Gasteiger partial charge in [-0.2, -0.15) is 0 Å². The van der Waals surface area contributed by atoms with Crippen LogP contribution >= 0.6 is 11.8 Å². The zero-order valence-electron chi connectivity index (χ0n) is 23.7. The van der Waals surface area contributed by atoms with Crippen LogP contribution in [0.2, 0.25) is 0 Å². The standard InChI is InChI=1S/C30H38N4O3S/c1-9-15-38-28-31-26(37)24-19-13-11-12-14-22(19)33(23(35)10-2)27(34(24)32-28)18-16-20(29(3,4)5)25(36)21(17-18)30(6,7)8/h11-14,16-17,27H,9-10,15H2,1-8H3,(H-,31,32,36,37)/p+1/t27-/m0/s1. The predicted octanol–water partition coefficient (Wildman–Crippen LogP) is 5.83. The van der Waals surface area contributed by atoms with E-state index in [0.717, 1.165) is 28.9 Å². The summed E-state index contributed by atoms with van der Waals surface area (Å²) in [5, 5.41) is 16.8. The van der Waals surface area contributed by atoms with Crippen molar-refractivity contribution in [1.82, 2.24) is 10.1 Å². The molecule has 1 aliphatic rings. The minimum absolute atomic E-state index is 0.0758. The van der Waals surface area contributed by atoms with Crippen molar-refractivity contribution in [3.63, 3.8) is 0 Å². The molecule has 0 aliphatic carbocycles. The molecular weight excluding hydrogens is 496 g/mol. The molecule has 0 spiro atoms. The number of aromatic amines is 1. The molecule has 1 atom stereocenters. The highest BCUT2D eigenvalue weighted by Crippen LogP contribution is 2.44. The van der Waals surface area contributed by atoms with E-state index >= 15 is 0 Å². The van der Waals surface area contributed by atoms with E-state index in [1.165, 1.54) is 11.8 Å². The van der Waals surface area contributed by atoms with Gasteiger partial charge in [0.1, 0.15) is 5.75 Å². The SMILES string of the molecule is CCCSc1n[n+]2c(c(=O)[nH]1)-c1ccccc1N(C(=O)CC)[C@@H]2c1cc(C(C)(C)C)c(O)c(C(C)(C)C)c1. The molecule has 0 saturated carbocycles. The molecule has 2 heterocycles. The average Bonchev–Trinajstić information content (AvgIpc) is 2.84. The van der Waals surface area contributed by atoms with Gasteiger partial charge in [-0.25, -0.2) is 4.90 Å². The van der Waals surface area contributed by atoms with Crippen molar-refractivity contribution in [3.05, 3.63) is 63.4 Å². The number of thioether (sulfide) groups is 1. The Morgan fingerprint density at radius 2 is 1.68 bits per heavy atom. The van der Waals surface area contributed by atoms with Gasteiger partial charge in [0.2, 0.25) is 11.1 Å². The van der Waals surface area contributed by atoms with Crippen LogP contribution in [-0.2, 0) is 15.6 Å². The van der Waals surface area contributed by atoms with Crippen LogP contribution in [0.1, 0.15) is 91.1 Å². The minimum Gasteiger partial charge on any atom is -0.507 e. The van der Waals surface area contributed by atoms with Crippen molar-refractivity contribution in [1.29, 1.82) is 0 Å². The molecule has 8 heteroatoms. The summed E-state index contributed by atoms with van der Waals surface area (Å²) >= 11 is 1.49. The number of nitrogens with one attached hydrogen (secondary N) is 1. The third kappa shape index (κ3) is 4.98. The molecule has 7 nitrogen and oxygen atoms in total. The number of amides is 1. The Morgan fingerprint density at radius 3 is 2.24 bits per heavy atom. The maximum atomic E-state index is 13.6. The van der Waals surface area contributed by atoms with Gasteiger partial charge in [0, 0.05) is 34.0 Å². The number of nitrogens with zero attached hydrogens (tertiary/aromatic N) is 3. The Balaban J connectivity index is 2.13. The highest BCUT2D eigenvalue weighted by atomic mass is 32.2. The van der Waals surface area contributed by atoms with Crippen molar-refractivity contribution >= 4 is 23.4 Å². The largest absolute Gasteiger partial charge is 0.507 e. The van der Waals surface area contributed by atoms with Gasteiger partial charge in [-0.15, -0.1) is 0 Å². The van der Waals surface area contributed by atoms with Crippen LogP contribution in [0.3, 0.4) is 0 Å². The molecule has 0 saturated heterocycles. The Kier molecular flexibility index (Phi) is 7.49. The van der Waals surface area contributed by atoms with E-state index < -0.39 is 6.17 Å². The van der Waals surface area contributed by atoms with E-state index in [2.05, 4.69) is 53.5 Å². The normalized spacial score (nSPS) is 15.3. The fraction of sp³-hybridized carbons (Fsp3) is 0.467. The maximum absolute atomic E-state index is 13.6. The van der Waals surface area contributed by atoms with Crippen LogP contribution in [0.25, 0.3) is 11.3 Å². The number of phenolic OH excluding ortho intramolecular Hbond substituents is 1. The van der Waals surface area contributed by atoms with E-state index in [0.29, 0.717) is 22.1 Å². The third-order valence-corrected chi connectivity index (χ3v) is 7.89. The van der Waals surface area contributed by atoms with Crippen LogP contribution in [0.4, 0.5) is 5.69 Å². The number of para-hydroxylation sites is 1. The van der Waals surface area contributed by atoms with Crippen molar-refractivity contribution in [2.24, 2.45) is 0 Å². The van der Waals surface area contributed by atoms with Gasteiger partial charge in [-0.1, -0.05) is 79.3 Å². The topological polar surface area (TPSA) is 90.2 Å². The first-order valence-electron chi connectivity index (χ1n) is 13.3. The number of benzene rings is 2. The molecule has 1 aliphatic heterocycles. The molecule has 0 bridgehead atoms. The molecule has 1 amide bonds. The number of aromatic hydroxyl groups is 1. The van der Waals surface area contributed by atoms with Crippen molar-refractivity contribution in [3.8, 4) is 17.0 Å². The Bertz CT molecular complexity index is 1400. The number of H-pyrrole nitrogens is 1. The van der Waals surface area contributed by atoms with Crippen LogP contribution in [-0.4, -0.2) is 26.8 Å². The number of fused-ring (bicyclic) bond motifs is 3. The zero-order valence-corrected chi connectivity index (χ0v) is 24.5. The van der Waals surface area contributed by atoms with Gasteiger partial charge in [0.05, 0.1) is 11.3 Å².